The summed E-state index contributed by atoms with van der Waals surface area (Å²) in [6.45, 7) is 18.8. The van der Waals surface area contributed by atoms with Crippen LogP contribution < -0.4 is 0 Å². The van der Waals surface area contributed by atoms with Gasteiger partial charge in [0.05, 0.1) is 12.2 Å². The molecule has 0 atom stereocenters. The van der Waals surface area contributed by atoms with Gasteiger partial charge in [0.1, 0.15) is 0 Å². The third-order valence-electron chi connectivity index (χ3n) is 6.56. The van der Waals surface area contributed by atoms with Gasteiger partial charge in [0.25, 0.3) is 0 Å². The molecule has 148 valence electrons. The Morgan fingerprint density at radius 3 is 2.04 bits per heavy atom. The lowest BCUT2D eigenvalue weighted by Gasteiger charge is -2.45. The Hall–Kier alpha value is -0.120. The lowest BCUT2D eigenvalue weighted by molar-refractivity contribution is -0.0208. The Labute approximate surface area is 157 Å². The average Bonchev–Trinajstić information content (AvgIpc) is 2.56. The summed E-state index contributed by atoms with van der Waals surface area (Å²) in [5.41, 5.74) is 0.362. The molecule has 0 amide bonds. The quantitative estimate of drug-likeness (QED) is 0.615. The standard InChI is InChI=1S/C22H44N2O/c1-18(2)23-14-16-24(17-15-23)22(5,6)13-7-8-20-9-11-21(12-10-20)25-19(3)4/h18-21H,7-17H2,1-6H3. The smallest absolute Gasteiger partial charge is 0.0578 e. The van der Waals surface area contributed by atoms with E-state index in [0.717, 1.165) is 5.92 Å². The molecule has 1 saturated carbocycles. The van der Waals surface area contributed by atoms with E-state index >= 15 is 0 Å². The van der Waals surface area contributed by atoms with Crippen molar-refractivity contribution in [3.8, 4) is 0 Å². The summed E-state index contributed by atoms with van der Waals surface area (Å²) in [6, 6.07) is 0.695. The van der Waals surface area contributed by atoms with Crippen molar-refractivity contribution in [2.45, 2.75) is 110 Å². The molecule has 0 aromatic heterocycles. The fourth-order valence-electron chi connectivity index (χ4n) is 4.77. The highest BCUT2D eigenvalue weighted by Crippen LogP contribution is 2.32. The zero-order chi connectivity index (χ0) is 18.4. The number of rotatable bonds is 8. The normalized spacial score (nSPS) is 27.4. The molecule has 2 aliphatic rings. The molecule has 2 fully saturated rings. The summed E-state index contributed by atoms with van der Waals surface area (Å²) in [4.78, 5) is 5.35. The molecule has 0 unspecified atom stereocenters. The fourth-order valence-corrected chi connectivity index (χ4v) is 4.77. The molecule has 25 heavy (non-hydrogen) atoms. The van der Waals surface area contributed by atoms with Crippen LogP contribution in [0.2, 0.25) is 0 Å². The third kappa shape index (κ3) is 6.84. The number of ether oxygens (including phenoxy) is 1. The van der Waals surface area contributed by atoms with Gasteiger partial charge in [-0.25, -0.2) is 0 Å². The van der Waals surface area contributed by atoms with E-state index < -0.39 is 0 Å². The molecule has 0 radical (unpaired) electrons. The molecule has 0 spiro atoms. The summed E-state index contributed by atoms with van der Waals surface area (Å²) in [6.07, 6.45) is 10.4. The van der Waals surface area contributed by atoms with Crippen LogP contribution in [0.3, 0.4) is 0 Å². The van der Waals surface area contributed by atoms with Crippen LogP contribution in [-0.4, -0.2) is 59.8 Å². The second-order valence-corrected chi connectivity index (χ2v) is 9.65. The monoisotopic (exact) mass is 352 g/mol. The van der Waals surface area contributed by atoms with Gasteiger partial charge < -0.3 is 4.74 Å². The van der Waals surface area contributed by atoms with E-state index in [9.17, 15) is 0 Å². The van der Waals surface area contributed by atoms with Gasteiger partial charge in [-0.05, 0) is 79.6 Å². The number of piperazine rings is 1. The van der Waals surface area contributed by atoms with E-state index in [1.54, 1.807) is 0 Å². The number of nitrogens with zero attached hydrogens (tertiary/aromatic N) is 2. The maximum atomic E-state index is 5.99. The fraction of sp³-hybridized carbons (Fsp3) is 1.00. The highest BCUT2D eigenvalue weighted by Gasteiger charge is 2.30. The molecular weight excluding hydrogens is 308 g/mol. The minimum Gasteiger partial charge on any atom is -0.376 e. The second-order valence-electron chi connectivity index (χ2n) is 9.65. The molecule has 0 aromatic carbocycles. The van der Waals surface area contributed by atoms with Crippen molar-refractivity contribution in [3.05, 3.63) is 0 Å². The van der Waals surface area contributed by atoms with Gasteiger partial charge in [0.2, 0.25) is 0 Å². The van der Waals surface area contributed by atoms with Gasteiger partial charge in [-0.2, -0.15) is 0 Å². The van der Waals surface area contributed by atoms with Crippen LogP contribution in [0.5, 0.6) is 0 Å². The molecule has 0 bridgehead atoms. The van der Waals surface area contributed by atoms with Crippen molar-refractivity contribution in [2.24, 2.45) is 5.92 Å². The first-order chi connectivity index (χ1) is 11.8. The second kappa shape index (κ2) is 9.71. The largest absolute Gasteiger partial charge is 0.376 e. The molecule has 1 aliphatic heterocycles. The molecule has 0 N–H and O–H groups in total. The first kappa shape index (κ1) is 21.2. The van der Waals surface area contributed by atoms with E-state index in [1.807, 2.05) is 0 Å². The van der Waals surface area contributed by atoms with Crippen LogP contribution in [0.4, 0.5) is 0 Å². The molecule has 1 saturated heterocycles. The summed E-state index contributed by atoms with van der Waals surface area (Å²) in [5, 5.41) is 0. The highest BCUT2D eigenvalue weighted by atomic mass is 16.5. The summed E-state index contributed by atoms with van der Waals surface area (Å²) in [7, 11) is 0. The first-order valence-corrected chi connectivity index (χ1v) is 10.9. The zero-order valence-corrected chi connectivity index (χ0v) is 17.9. The molecule has 3 heteroatoms. The molecule has 1 heterocycles. The van der Waals surface area contributed by atoms with Crippen LogP contribution in [0.1, 0.15) is 86.5 Å². The summed E-state index contributed by atoms with van der Waals surface area (Å²) < 4.78 is 5.99. The Morgan fingerprint density at radius 2 is 1.52 bits per heavy atom. The van der Waals surface area contributed by atoms with Crippen LogP contribution in [0, 0.1) is 5.92 Å². The van der Waals surface area contributed by atoms with Crippen molar-refractivity contribution in [2.75, 3.05) is 26.2 Å². The lowest BCUT2D eigenvalue weighted by Crippen LogP contribution is -2.55. The number of hydrogen-bond donors (Lipinski definition) is 0. The highest BCUT2D eigenvalue weighted by molar-refractivity contribution is 4.86. The lowest BCUT2D eigenvalue weighted by atomic mass is 9.82. The third-order valence-corrected chi connectivity index (χ3v) is 6.56. The van der Waals surface area contributed by atoms with Gasteiger partial charge in [0.15, 0.2) is 0 Å². The van der Waals surface area contributed by atoms with E-state index in [1.165, 1.54) is 71.1 Å². The van der Waals surface area contributed by atoms with Crippen molar-refractivity contribution in [3.63, 3.8) is 0 Å². The van der Waals surface area contributed by atoms with Crippen molar-refractivity contribution in [1.82, 2.24) is 9.80 Å². The molecule has 0 aromatic rings. The summed E-state index contributed by atoms with van der Waals surface area (Å²) >= 11 is 0. The van der Waals surface area contributed by atoms with Gasteiger partial charge in [-0.3, -0.25) is 9.80 Å². The van der Waals surface area contributed by atoms with Crippen LogP contribution in [0.25, 0.3) is 0 Å². The Bertz CT molecular complexity index is 364. The van der Waals surface area contributed by atoms with Gasteiger partial charge in [-0.15, -0.1) is 0 Å². The molecule has 2 rings (SSSR count). The van der Waals surface area contributed by atoms with E-state index in [-0.39, 0.29) is 0 Å². The van der Waals surface area contributed by atoms with Gasteiger partial charge in [-0.1, -0.05) is 12.8 Å². The topological polar surface area (TPSA) is 15.7 Å². The minimum absolute atomic E-state index is 0.362. The zero-order valence-electron chi connectivity index (χ0n) is 17.9. The Balaban J connectivity index is 1.64. The molecule has 3 nitrogen and oxygen atoms in total. The maximum absolute atomic E-state index is 5.99. The first-order valence-electron chi connectivity index (χ1n) is 10.9. The van der Waals surface area contributed by atoms with Crippen molar-refractivity contribution >= 4 is 0 Å². The van der Waals surface area contributed by atoms with Crippen LogP contribution in [0.15, 0.2) is 0 Å². The van der Waals surface area contributed by atoms with Gasteiger partial charge in [0, 0.05) is 37.8 Å². The Morgan fingerprint density at radius 1 is 0.920 bits per heavy atom. The molecule has 1 aliphatic carbocycles. The van der Waals surface area contributed by atoms with E-state index in [0.29, 0.717) is 23.8 Å². The number of hydrogen-bond acceptors (Lipinski definition) is 3. The average molecular weight is 353 g/mol. The van der Waals surface area contributed by atoms with Gasteiger partial charge >= 0.3 is 0 Å². The predicted octanol–water partition coefficient (Wildman–Crippen LogP) is 4.95. The maximum Gasteiger partial charge on any atom is 0.0578 e. The van der Waals surface area contributed by atoms with Crippen LogP contribution >= 0.6 is 0 Å². The Kier molecular flexibility index (Phi) is 8.23. The SMILES string of the molecule is CC(C)OC1CCC(CCCC(C)(C)N2CCN(C(C)C)CC2)CC1. The van der Waals surface area contributed by atoms with E-state index in [2.05, 4.69) is 51.3 Å². The van der Waals surface area contributed by atoms with E-state index in [4.69, 9.17) is 4.74 Å². The van der Waals surface area contributed by atoms with Crippen molar-refractivity contribution < 1.29 is 4.74 Å². The van der Waals surface area contributed by atoms with Crippen molar-refractivity contribution in [1.29, 1.82) is 0 Å². The predicted molar refractivity (Wildman–Crippen MR) is 108 cm³/mol. The summed E-state index contributed by atoms with van der Waals surface area (Å²) in [5.74, 6) is 0.945. The van der Waals surface area contributed by atoms with Crippen LogP contribution in [-0.2, 0) is 4.74 Å². The molecular formula is C22H44N2O. The minimum atomic E-state index is 0.362.